The lowest BCUT2D eigenvalue weighted by atomic mass is 9.82. The standard InChI is InChI=1S/C19H20BrNO4S/c20-16-5-7-17(8-6-16)26(24,25)21-12-15-3-1-2-14-10-13(11-19(22)23)4-9-18(14)15/h4-10,15,21H,1-3,11-12H2,(H,22,23). The molecular weight excluding hydrogens is 418 g/mol. The molecule has 5 nitrogen and oxygen atoms in total. The van der Waals surface area contributed by atoms with Gasteiger partial charge in [0, 0.05) is 11.0 Å². The second-order valence-electron chi connectivity index (χ2n) is 6.50. The largest absolute Gasteiger partial charge is 0.481 e. The molecule has 0 saturated heterocycles. The van der Waals surface area contributed by atoms with E-state index in [2.05, 4.69) is 20.7 Å². The van der Waals surface area contributed by atoms with E-state index in [-0.39, 0.29) is 17.2 Å². The Morgan fingerprint density at radius 2 is 1.92 bits per heavy atom. The predicted molar refractivity (Wildman–Crippen MR) is 103 cm³/mol. The van der Waals surface area contributed by atoms with Crippen molar-refractivity contribution in [2.75, 3.05) is 6.54 Å². The van der Waals surface area contributed by atoms with Gasteiger partial charge in [-0.1, -0.05) is 34.1 Å². The Balaban J connectivity index is 1.74. The summed E-state index contributed by atoms with van der Waals surface area (Å²) < 4.78 is 28.5. The molecule has 0 saturated carbocycles. The number of nitrogens with one attached hydrogen (secondary N) is 1. The summed E-state index contributed by atoms with van der Waals surface area (Å²) in [5.74, 6) is -0.748. The molecule has 0 heterocycles. The number of aryl methyl sites for hydroxylation is 1. The van der Waals surface area contributed by atoms with Gasteiger partial charge in [0.1, 0.15) is 0 Å². The highest BCUT2D eigenvalue weighted by Gasteiger charge is 2.23. The van der Waals surface area contributed by atoms with Gasteiger partial charge in [0.2, 0.25) is 10.0 Å². The molecule has 0 bridgehead atoms. The number of fused-ring (bicyclic) bond motifs is 1. The second-order valence-corrected chi connectivity index (χ2v) is 9.18. The van der Waals surface area contributed by atoms with E-state index in [4.69, 9.17) is 5.11 Å². The lowest BCUT2D eigenvalue weighted by Gasteiger charge is -2.26. The van der Waals surface area contributed by atoms with Gasteiger partial charge in [-0.15, -0.1) is 0 Å². The number of aliphatic carboxylic acids is 1. The molecule has 0 aromatic heterocycles. The van der Waals surface area contributed by atoms with Crippen LogP contribution in [0.15, 0.2) is 51.8 Å². The number of sulfonamides is 1. The van der Waals surface area contributed by atoms with Crippen molar-refractivity contribution in [1.29, 1.82) is 0 Å². The van der Waals surface area contributed by atoms with E-state index >= 15 is 0 Å². The van der Waals surface area contributed by atoms with Crippen LogP contribution < -0.4 is 4.72 Å². The lowest BCUT2D eigenvalue weighted by Crippen LogP contribution is -2.30. The van der Waals surface area contributed by atoms with Gasteiger partial charge in [0.05, 0.1) is 11.3 Å². The first-order valence-corrected chi connectivity index (χ1v) is 10.7. The third-order valence-electron chi connectivity index (χ3n) is 4.64. The first kappa shape index (κ1) is 19.1. The maximum absolute atomic E-state index is 12.5. The average Bonchev–Trinajstić information content (AvgIpc) is 2.59. The number of benzene rings is 2. The summed E-state index contributed by atoms with van der Waals surface area (Å²) in [6.45, 7) is 0.337. The number of halogens is 1. The van der Waals surface area contributed by atoms with E-state index in [1.54, 1.807) is 24.3 Å². The number of carboxylic acid groups (broad SMARTS) is 1. The first-order chi connectivity index (χ1) is 12.3. The van der Waals surface area contributed by atoms with E-state index < -0.39 is 16.0 Å². The third-order valence-corrected chi connectivity index (χ3v) is 6.61. The molecular formula is C19H20BrNO4S. The molecule has 2 N–H and O–H groups in total. The molecule has 1 aliphatic rings. The normalized spacial score (nSPS) is 16.9. The number of hydrogen-bond acceptors (Lipinski definition) is 3. The smallest absolute Gasteiger partial charge is 0.307 e. The molecule has 1 unspecified atom stereocenters. The third kappa shape index (κ3) is 4.52. The van der Waals surface area contributed by atoms with E-state index in [0.29, 0.717) is 6.54 Å². The van der Waals surface area contributed by atoms with E-state index in [1.807, 2.05) is 18.2 Å². The van der Waals surface area contributed by atoms with Gasteiger partial charge in [0.15, 0.2) is 0 Å². The molecule has 2 aromatic rings. The Labute approximate surface area is 161 Å². The number of hydrogen-bond donors (Lipinski definition) is 2. The summed E-state index contributed by atoms with van der Waals surface area (Å²) >= 11 is 3.30. The molecule has 0 spiro atoms. The maximum atomic E-state index is 12.5. The van der Waals surface area contributed by atoms with Crippen LogP contribution in [0.2, 0.25) is 0 Å². The van der Waals surface area contributed by atoms with E-state index in [1.165, 1.54) is 0 Å². The monoisotopic (exact) mass is 437 g/mol. The molecule has 1 aliphatic carbocycles. The Kier molecular flexibility index (Phi) is 5.79. The van der Waals surface area contributed by atoms with Crippen LogP contribution in [-0.2, 0) is 27.7 Å². The van der Waals surface area contributed by atoms with Crippen LogP contribution in [0.3, 0.4) is 0 Å². The van der Waals surface area contributed by atoms with Gasteiger partial charge in [-0.3, -0.25) is 4.79 Å². The summed E-state index contributed by atoms with van der Waals surface area (Å²) in [5.41, 5.74) is 3.03. The van der Waals surface area contributed by atoms with Crippen LogP contribution in [0, 0.1) is 0 Å². The number of carbonyl (C=O) groups is 1. The minimum atomic E-state index is -3.55. The molecule has 26 heavy (non-hydrogen) atoms. The number of rotatable bonds is 6. The van der Waals surface area contributed by atoms with Crippen molar-refractivity contribution in [2.24, 2.45) is 0 Å². The minimum Gasteiger partial charge on any atom is -0.481 e. The average molecular weight is 438 g/mol. The summed E-state index contributed by atoms with van der Waals surface area (Å²) in [4.78, 5) is 11.1. The highest BCUT2D eigenvalue weighted by Crippen LogP contribution is 2.32. The zero-order valence-electron chi connectivity index (χ0n) is 14.1. The van der Waals surface area contributed by atoms with Gasteiger partial charge < -0.3 is 5.11 Å². The van der Waals surface area contributed by atoms with Gasteiger partial charge in [-0.25, -0.2) is 13.1 Å². The Bertz CT molecular complexity index is 910. The van der Waals surface area contributed by atoms with Crippen LogP contribution in [0.5, 0.6) is 0 Å². The fraction of sp³-hybridized carbons (Fsp3) is 0.316. The highest BCUT2D eigenvalue weighted by atomic mass is 79.9. The molecule has 2 aromatic carbocycles. The predicted octanol–water partition coefficient (Wildman–Crippen LogP) is 3.47. The van der Waals surface area contributed by atoms with Crippen LogP contribution in [-0.4, -0.2) is 26.0 Å². The van der Waals surface area contributed by atoms with Crippen molar-refractivity contribution in [3.63, 3.8) is 0 Å². The molecule has 138 valence electrons. The molecule has 0 radical (unpaired) electrons. The Hall–Kier alpha value is -1.70. The van der Waals surface area contributed by atoms with Gasteiger partial charge in [-0.05, 0) is 66.1 Å². The SMILES string of the molecule is O=C(O)Cc1ccc2c(c1)CCCC2CNS(=O)(=O)c1ccc(Br)cc1. The second kappa shape index (κ2) is 7.90. The quantitative estimate of drug-likeness (QED) is 0.724. The van der Waals surface area contributed by atoms with Crippen LogP contribution in [0.1, 0.15) is 35.4 Å². The minimum absolute atomic E-state index is 0.00808. The Morgan fingerprint density at radius 3 is 2.62 bits per heavy atom. The molecule has 0 aliphatic heterocycles. The van der Waals surface area contributed by atoms with Gasteiger partial charge in [0.25, 0.3) is 0 Å². The molecule has 0 amide bonds. The van der Waals surface area contributed by atoms with Gasteiger partial charge >= 0.3 is 5.97 Å². The van der Waals surface area contributed by atoms with Crippen LogP contribution >= 0.6 is 15.9 Å². The van der Waals surface area contributed by atoms with Crippen molar-refractivity contribution >= 4 is 31.9 Å². The van der Waals surface area contributed by atoms with Gasteiger partial charge in [-0.2, -0.15) is 0 Å². The summed E-state index contributed by atoms with van der Waals surface area (Å²) in [6.07, 6.45) is 2.79. The highest BCUT2D eigenvalue weighted by molar-refractivity contribution is 9.10. The maximum Gasteiger partial charge on any atom is 0.307 e. The molecule has 7 heteroatoms. The molecule has 1 atom stereocenters. The van der Waals surface area contributed by atoms with Crippen LogP contribution in [0.4, 0.5) is 0 Å². The molecule has 0 fully saturated rings. The van der Waals surface area contributed by atoms with Crippen molar-refractivity contribution in [3.05, 3.63) is 63.6 Å². The zero-order chi connectivity index (χ0) is 18.7. The fourth-order valence-corrected chi connectivity index (χ4v) is 4.72. The topological polar surface area (TPSA) is 83.5 Å². The van der Waals surface area contributed by atoms with E-state index in [0.717, 1.165) is 40.4 Å². The fourth-order valence-electron chi connectivity index (χ4n) is 3.37. The summed E-state index contributed by atoms with van der Waals surface area (Å²) in [5, 5.41) is 8.94. The van der Waals surface area contributed by atoms with Crippen molar-refractivity contribution in [2.45, 2.75) is 36.5 Å². The Morgan fingerprint density at radius 1 is 1.19 bits per heavy atom. The number of carboxylic acids is 1. The lowest BCUT2D eigenvalue weighted by molar-refractivity contribution is -0.136. The summed E-state index contributed by atoms with van der Waals surface area (Å²) in [7, 11) is -3.55. The van der Waals surface area contributed by atoms with Crippen molar-refractivity contribution in [3.8, 4) is 0 Å². The molecule has 3 rings (SSSR count). The van der Waals surface area contributed by atoms with Crippen molar-refractivity contribution < 1.29 is 18.3 Å². The summed E-state index contributed by atoms with van der Waals surface area (Å²) in [6, 6.07) is 12.3. The zero-order valence-corrected chi connectivity index (χ0v) is 16.5. The first-order valence-electron chi connectivity index (χ1n) is 8.44. The van der Waals surface area contributed by atoms with Crippen molar-refractivity contribution in [1.82, 2.24) is 4.72 Å². The van der Waals surface area contributed by atoms with E-state index in [9.17, 15) is 13.2 Å². The van der Waals surface area contributed by atoms with Crippen LogP contribution in [0.25, 0.3) is 0 Å².